The zero-order valence-corrected chi connectivity index (χ0v) is 16.8. The Kier molecular flexibility index (Phi) is 5.09. The number of ether oxygens (including phenoxy) is 2. The number of aromatic nitrogens is 1. The van der Waals surface area contributed by atoms with Crippen LogP contribution in [0.3, 0.4) is 0 Å². The highest BCUT2D eigenvalue weighted by Crippen LogP contribution is 2.37. The summed E-state index contributed by atoms with van der Waals surface area (Å²) in [5, 5.41) is 4.11. The number of anilines is 1. The number of halogens is 3. The van der Waals surface area contributed by atoms with Crippen LogP contribution in [-0.4, -0.2) is 24.9 Å². The second kappa shape index (κ2) is 7.92. The molecule has 0 aliphatic carbocycles. The molecule has 0 bridgehead atoms. The van der Waals surface area contributed by atoms with E-state index in [1.165, 1.54) is 12.1 Å². The first-order valence-electron chi connectivity index (χ1n) is 10.3. The van der Waals surface area contributed by atoms with Gasteiger partial charge in [0, 0.05) is 43.2 Å². The van der Waals surface area contributed by atoms with E-state index >= 15 is 0 Å². The summed E-state index contributed by atoms with van der Waals surface area (Å²) in [6, 6.07) is 11.5. The maximum Gasteiger partial charge on any atom is 0.416 e. The molecule has 0 saturated carbocycles. The second-order valence-electron chi connectivity index (χ2n) is 7.82. The minimum absolute atomic E-state index is 0.119. The van der Waals surface area contributed by atoms with Gasteiger partial charge in [-0.2, -0.15) is 13.2 Å². The van der Waals surface area contributed by atoms with E-state index in [4.69, 9.17) is 14.5 Å². The van der Waals surface area contributed by atoms with Gasteiger partial charge in [0.05, 0.1) is 11.1 Å². The fourth-order valence-electron chi connectivity index (χ4n) is 4.21. The van der Waals surface area contributed by atoms with Crippen LogP contribution in [0.25, 0.3) is 10.9 Å². The van der Waals surface area contributed by atoms with Crippen LogP contribution in [0.1, 0.15) is 29.5 Å². The van der Waals surface area contributed by atoms with Crippen LogP contribution in [0.5, 0.6) is 11.5 Å². The van der Waals surface area contributed by atoms with Gasteiger partial charge < -0.3 is 19.7 Å². The summed E-state index contributed by atoms with van der Waals surface area (Å²) in [6.45, 7) is 2.57. The van der Waals surface area contributed by atoms with Crippen molar-refractivity contribution in [3.05, 3.63) is 59.2 Å². The minimum Gasteiger partial charge on any atom is -0.454 e. The third kappa shape index (κ3) is 3.99. The molecule has 8 heteroatoms. The quantitative estimate of drug-likeness (QED) is 0.627. The van der Waals surface area contributed by atoms with Crippen LogP contribution in [0.4, 0.5) is 19.0 Å². The van der Waals surface area contributed by atoms with E-state index in [1.807, 2.05) is 18.2 Å². The Morgan fingerprint density at radius 3 is 2.42 bits per heavy atom. The molecular formula is C23H22F3N3O2. The highest BCUT2D eigenvalue weighted by molar-refractivity contribution is 5.85. The third-order valence-corrected chi connectivity index (χ3v) is 5.72. The Bertz CT molecular complexity index is 1110. The van der Waals surface area contributed by atoms with Crippen molar-refractivity contribution in [3.8, 4) is 11.5 Å². The summed E-state index contributed by atoms with van der Waals surface area (Å²) < 4.78 is 50.8. The Morgan fingerprint density at radius 1 is 0.935 bits per heavy atom. The number of pyridine rings is 1. The van der Waals surface area contributed by atoms with Gasteiger partial charge in [0.1, 0.15) is 5.82 Å². The molecule has 1 saturated heterocycles. The van der Waals surface area contributed by atoms with Gasteiger partial charge in [-0.3, -0.25) is 0 Å². The molecule has 0 unspecified atom stereocenters. The van der Waals surface area contributed by atoms with Gasteiger partial charge >= 0.3 is 6.18 Å². The molecule has 2 aliphatic heterocycles. The van der Waals surface area contributed by atoms with Gasteiger partial charge in [-0.15, -0.1) is 0 Å². The molecule has 2 aliphatic rings. The van der Waals surface area contributed by atoms with Gasteiger partial charge in [0.2, 0.25) is 6.79 Å². The van der Waals surface area contributed by atoms with Crippen LogP contribution in [0, 0.1) is 0 Å². The molecule has 0 atom stereocenters. The number of rotatable bonds is 5. The number of nitrogens with zero attached hydrogens (tertiary/aromatic N) is 2. The van der Waals surface area contributed by atoms with Crippen LogP contribution < -0.4 is 19.7 Å². The van der Waals surface area contributed by atoms with E-state index in [-0.39, 0.29) is 18.9 Å². The molecule has 5 nitrogen and oxygen atoms in total. The van der Waals surface area contributed by atoms with E-state index < -0.39 is 11.7 Å². The van der Waals surface area contributed by atoms with Gasteiger partial charge in [-0.1, -0.05) is 18.2 Å². The summed E-state index contributed by atoms with van der Waals surface area (Å²) in [5.41, 5.74) is 1.40. The maximum absolute atomic E-state index is 13.3. The van der Waals surface area contributed by atoms with Crippen LogP contribution in [0.15, 0.2) is 42.5 Å². The molecule has 2 aromatic carbocycles. The van der Waals surface area contributed by atoms with Crippen molar-refractivity contribution in [1.29, 1.82) is 0 Å². The Labute approximate surface area is 177 Å². The molecule has 1 N–H and O–H groups in total. The Hall–Kier alpha value is -3.00. The molecule has 162 valence electrons. The first-order valence-corrected chi connectivity index (χ1v) is 10.3. The number of hydrogen-bond donors (Lipinski definition) is 1. The van der Waals surface area contributed by atoms with E-state index in [0.717, 1.165) is 54.3 Å². The molecule has 1 aromatic heterocycles. The largest absolute Gasteiger partial charge is 0.454 e. The fourth-order valence-corrected chi connectivity index (χ4v) is 4.21. The molecule has 3 aromatic rings. The predicted molar refractivity (Wildman–Crippen MR) is 111 cm³/mol. The van der Waals surface area contributed by atoms with Gasteiger partial charge in [0.25, 0.3) is 0 Å². The summed E-state index contributed by atoms with van der Waals surface area (Å²) in [7, 11) is 0. The van der Waals surface area contributed by atoms with Gasteiger partial charge in [-0.25, -0.2) is 4.98 Å². The standard InChI is InChI=1S/C23H22F3N3O2/c24-23(25,26)18-6-2-1-5-15(18)12-27-13-17-9-16-10-20-21(31-14-30-20)11-19(16)28-22(17)29-7-3-4-8-29/h1-2,5-6,9-11,27H,3-4,7-8,12-14H2. The lowest BCUT2D eigenvalue weighted by atomic mass is 10.1. The monoisotopic (exact) mass is 429 g/mol. The number of benzene rings is 2. The highest BCUT2D eigenvalue weighted by Gasteiger charge is 2.32. The zero-order chi connectivity index (χ0) is 21.4. The highest BCUT2D eigenvalue weighted by atomic mass is 19.4. The first-order chi connectivity index (χ1) is 15.0. The topological polar surface area (TPSA) is 46.6 Å². The van der Waals surface area contributed by atoms with Crippen molar-refractivity contribution < 1.29 is 22.6 Å². The van der Waals surface area contributed by atoms with Crippen molar-refractivity contribution in [3.63, 3.8) is 0 Å². The van der Waals surface area contributed by atoms with Crippen LogP contribution in [0.2, 0.25) is 0 Å². The van der Waals surface area contributed by atoms with E-state index in [1.54, 1.807) is 6.07 Å². The number of nitrogens with one attached hydrogen (secondary N) is 1. The van der Waals surface area contributed by atoms with Gasteiger partial charge in [-0.05, 0) is 36.6 Å². The molecule has 1 fully saturated rings. The van der Waals surface area contributed by atoms with Crippen LogP contribution >= 0.6 is 0 Å². The van der Waals surface area contributed by atoms with Crippen molar-refractivity contribution in [2.24, 2.45) is 0 Å². The van der Waals surface area contributed by atoms with Crippen molar-refractivity contribution >= 4 is 16.7 Å². The lowest BCUT2D eigenvalue weighted by Crippen LogP contribution is -2.23. The summed E-state index contributed by atoms with van der Waals surface area (Å²) >= 11 is 0. The summed E-state index contributed by atoms with van der Waals surface area (Å²) in [4.78, 5) is 7.13. The van der Waals surface area contributed by atoms with E-state index in [9.17, 15) is 13.2 Å². The molecular weight excluding hydrogens is 407 g/mol. The Morgan fingerprint density at radius 2 is 1.65 bits per heavy atom. The molecule has 0 radical (unpaired) electrons. The Balaban J connectivity index is 1.43. The predicted octanol–water partition coefficient (Wildman–Crippen LogP) is 4.87. The number of fused-ring (bicyclic) bond motifs is 2. The molecule has 31 heavy (non-hydrogen) atoms. The van der Waals surface area contributed by atoms with E-state index in [0.29, 0.717) is 18.0 Å². The molecule has 3 heterocycles. The first kappa shape index (κ1) is 19.9. The normalized spacial score (nSPS) is 15.8. The smallest absolute Gasteiger partial charge is 0.416 e. The number of hydrogen-bond acceptors (Lipinski definition) is 5. The zero-order valence-electron chi connectivity index (χ0n) is 16.8. The van der Waals surface area contributed by atoms with Crippen molar-refractivity contribution in [2.75, 3.05) is 24.8 Å². The lowest BCUT2D eigenvalue weighted by Gasteiger charge is -2.21. The maximum atomic E-state index is 13.3. The average molecular weight is 429 g/mol. The fraction of sp³-hybridized carbons (Fsp3) is 0.348. The lowest BCUT2D eigenvalue weighted by molar-refractivity contribution is -0.138. The molecule has 5 rings (SSSR count). The SMILES string of the molecule is FC(F)(F)c1ccccc1CNCc1cc2cc3c(cc2nc1N1CCCC1)OCO3. The minimum atomic E-state index is -4.37. The summed E-state index contributed by atoms with van der Waals surface area (Å²) in [5.74, 6) is 2.24. The molecule has 0 spiro atoms. The van der Waals surface area contributed by atoms with E-state index in [2.05, 4.69) is 10.2 Å². The van der Waals surface area contributed by atoms with Crippen molar-refractivity contribution in [1.82, 2.24) is 10.3 Å². The average Bonchev–Trinajstić information content (AvgIpc) is 3.43. The molecule has 0 amide bonds. The third-order valence-electron chi connectivity index (χ3n) is 5.72. The number of alkyl halides is 3. The van der Waals surface area contributed by atoms with Crippen LogP contribution in [-0.2, 0) is 19.3 Å². The van der Waals surface area contributed by atoms with Crippen molar-refractivity contribution in [2.45, 2.75) is 32.1 Å². The second-order valence-corrected chi connectivity index (χ2v) is 7.82. The van der Waals surface area contributed by atoms with Gasteiger partial charge in [0.15, 0.2) is 11.5 Å². The summed E-state index contributed by atoms with van der Waals surface area (Å²) in [6.07, 6.45) is -2.16.